The smallest absolute Gasteiger partial charge is 0.257 e. The van der Waals surface area contributed by atoms with Crippen LogP contribution in [0.4, 0.5) is 4.39 Å². The number of rotatable bonds is 4. The summed E-state index contributed by atoms with van der Waals surface area (Å²) in [5.41, 5.74) is 2.36. The topological polar surface area (TPSA) is 74.8 Å². The van der Waals surface area contributed by atoms with Crippen molar-refractivity contribution in [1.82, 2.24) is 9.80 Å². The Bertz CT molecular complexity index is 1480. The molecule has 0 N–H and O–H groups in total. The third kappa shape index (κ3) is 5.20. The number of nitrogens with zero attached hydrogens (tertiary/aromatic N) is 2. The lowest BCUT2D eigenvalue weighted by molar-refractivity contribution is 0.0559. The van der Waals surface area contributed by atoms with Gasteiger partial charge in [0.25, 0.3) is 11.8 Å². The van der Waals surface area contributed by atoms with E-state index in [2.05, 4.69) is 15.9 Å². The van der Waals surface area contributed by atoms with Crippen LogP contribution in [-0.2, 0) is 9.84 Å². The fourth-order valence-electron chi connectivity index (χ4n) is 5.31. The Labute approximate surface area is 224 Å². The molecule has 0 saturated carbocycles. The lowest BCUT2D eigenvalue weighted by atomic mass is 9.91. The molecule has 0 radical (unpaired) electrons. The van der Waals surface area contributed by atoms with Crippen molar-refractivity contribution >= 4 is 37.6 Å². The summed E-state index contributed by atoms with van der Waals surface area (Å²) in [6, 6.07) is 18.5. The van der Waals surface area contributed by atoms with Crippen LogP contribution < -0.4 is 0 Å². The van der Waals surface area contributed by atoms with E-state index < -0.39 is 21.6 Å². The Balaban J connectivity index is 1.34. The van der Waals surface area contributed by atoms with Crippen LogP contribution in [0, 0.1) is 11.7 Å². The molecular formula is C28H26BrFN2O4S. The van der Waals surface area contributed by atoms with Gasteiger partial charge in [-0.1, -0.05) is 40.2 Å². The van der Waals surface area contributed by atoms with Gasteiger partial charge >= 0.3 is 0 Å². The van der Waals surface area contributed by atoms with Gasteiger partial charge in [-0.2, -0.15) is 0 Å². The van der Waals surface area contributed by atoms with E-state index in [1.165, 1.54) is 6.07 Å². The van der Waals surface area contributed by atoms with Gasteiger partial charge in [0.15, 0.2) is 9.84 Å². The average Bonchev–Trinajstić information content (AvgIpc) is 3.32. The van der Waals surface area contributed by atoms with Crippen LogP contribution in [0.15, 0.2) is 76.1 Å². The van der Waals surface area contributed by atoms with Gasteiger partial charge in [0.05, 0.1) is 16.5 Å². The molecule has 0 spiro atoms. The van der Waals surface area contributed by atoms with Gasteiger partial charge in [0.2, 0.25) is 0 Å². The van der Waals surface area contributed by atoms with Crippen molar-refractivity contribution in [2.75, 3.05) is 25.9 Å². The van der Waals surface area contributed by atoms with E-state index >= 15 is 0 Å². The molecule has 2 aliphatic heterocycles. The van der Waals surface area contributed by atoms with Crippen LogP contribution in [0.3, 0.4) is 0 Å². The molecule has 0 aromatic heterocycles. The number of likely N-dealkylation sites (tertiary alicyclic amines) is 2. The Morgan fingerprint density at radius 3 is 2.41 bits per heavy atom. The lowest BCUT2D eigenvalue weighted by Crippen LogP contribution is -2.48. The first-order chi connectivity index (χ1) is 17.6. The maximum absolute atomic E-state index is 14.6. The minimum Gasteiger partial charge on any atom is -0.336 e. The molecule has 2 heterocycles. The van der Waals surface area contributed by atoms with E-state index in [0.717, 1.165) is 46.8 Å². The fourth-order valence-corrected chi connectivity index (χ4v) is 6.35. The molecule has 2 amide bonds. The monoisotopic (exact) mass is 584 g/mol. The highest BCUT2D eigenvalue weighted by atomic mass is 79.9. The summed E-state index contributed by atoms with van der Waals surface area (Å²) in [4.78, 5) is 30.0. The first kappa shape index (κ1) is 25.6. The van der Waals surface area contributed by atoms with Crippen LogP contribution >= 0.6 is 15.9 Å². The quantitative estimate of drug-likeness (QED) is 0.403. The third-order valence-electron chi connectivity index (χ3n) is 7.22. The predicted octanol–water partition coefficient (Wildman–Crippen LogP) is 5.04. The number of hydrogen-bond acceptors (Lipinski definition) is 4. The minimum absolute atomic E-state index is 0.0868. The highest BCUT2D eigenvalue weighted by molar-refractivity contribution is 9.10. The number of hydrogen-bond donors (Lipinski definition) is 0. The van der Waals surface area contributed by atoms with E-state index in [1.54, 1.807) is 9.80 Å². The second kappa shape index (κ2) is 10.0. The van der Waals surface area contributed by atoms with Crippen LogP contribution in [0.1, 0.15) is 33.6 Å². The van der Waals surface area contributed by atoms with Crippen molar-refractivity contribution < 1.29 is 22.4 Å². The third-order valence-corrected chi connectivity index (χ3v) is 8.82. The van der Waals surface area contributed by atoms with Crippen molar-refractivity contribution in [3.05, 3.63) is 88.1 Å². The van der Waals surface area contributed by atoms with Gasteiger partial charge in [0.1, 0.15) is 5.82 Å². The number of piperidine rings is 1. The molecule has 37 heavy (non-hydrogen) atoms. The van der Waals surface area contributed by atoms with Crippen LogP contribution in [0.25, 0.3) is 11.1 Å². The Kier molecular flexibility index (Phi) is 6.93. The van der Waals surface area contributed by atoms with Gasteiger partial charge in [-0.15, -0.1) is 0 Å². The van der Waals surface area contributed by atoms with E-state index in [-0.39, 0.29) is 28.3 Å². The highest BCUT2D eigenvalue weighted by Gasteiger charge is 2.43. The van der Waals surface area contributed by atoms with Crippen LogP contribution in [0.2, 0.25) is 0 Å². The molecule has 0 aliphatic carbocycles. The maximum Gasteiger partial charge on any atom is 0.257 e. The molecule has 0 unspecified atom stereocenters. The predicted molar refractivity (Wildman–Crippen MR) is 143 cm³/mol. The van der Waals surface area contributed by atoms with Gasteiger partial charge in [-0.25, -0.2) is 12.8 Å². The fraction of sp³-hybridized carbons (Fsp3) is 0.286. The van der Waals surface area contributed by atoms with E-state index in [0.29, 0.717) is 25.2 Å². The summed E-state index contributed by atoms with van der Waals surface area (Å²) < 4.78 is 39.5. The first-order valence-electron chi connectivity index (χ1n) is 12.1. The molecule has 2 atom stereocenters. The molecule has 5 rings (SSSR count). The number of halogens is 2. The molecule has 9 heteroatoms. The molecule has 2 saturated heterocycles. The molecule has 2 aliphatic rings. The number of carbonyl (C=O) groups excluding carboxylic acids is 2. The highest BCUT2D eigenvalue weighted by Crippen LogP contribution is 2.33. The zero-order valence-corrected chi connectivity index (χ0v) is 22.6. The molecule has 3 aromatic rings. The minimum atomic E-state index is -3.59. The Hall–Kier alpha value is -3.04. The van der Waals surface area contributed by atoms with Crippen molar-refractivity contribution in [3.63, 3.8) is 0 Å². The zero-order chi connectivity index (χ0) is 26.3. The normalized spacial score (nSPS) is 19.5. The van der Waals surface area contributed by atoms with E-state index in [9.17, 15) is 22.4 Å². The summed E-state index contributed by atoms with van der Waals surface area (Å²) in [5, 5.41) is 0. The summed E-state index contributed by atoms with van der Waals surface area (Å²) >= 11 is 3.48. The van der Waals surface area contributed by atoms with Crippen LogP contribution in [-0.4, -0.2) is 62.0 Å². The first-order valence-corrected chi connectivity index (χ1v) is 14.8. The summed E-state index contributed by atoms with van der Waals surface area (Å²) in [5.74, 6) is -1.31. The molecule has 6 nitrogen and oxygen atoms in total. The second-order valence-corrected chi connectivity index (χ2v) is 12.6. The summed E-state index contributed by atoms with van der Waals surface area (Å²) in [6.07, 6.45) is 2.63. The second-order valence-electron chi connectivity index (χ2n) is 9.68. The van der Waals surface area contributed by atoms with Gasteiger partial charge in [-0.3, -0.25) is 9.59 Å². The standard InChI is InChI=1S/C28H26BrFN2O4S/c1-37(35,36)23-11-12-25(30)24(15-23)28(34)32-13-3-5-21-16-31(17-26(21)32)27(33)19-9-7-18(8-10-19)20-4-2-6-22(29)14-20/h2,4,6-12,14-15,21,26H,3,5,13,16-17H2,1H3/t21-,26+/m1/s1. The van der Waals surface area contributed by atoms with E-state index in [4.69, 9.17) is 0 Å². The molecule has 2 fully saturated rings. The maximum atomic E-state index is 14.6. The number of fused-ring (bicyclic) bond motifs is 1. The average molecular weight is 585 g/mol. The number of carbonyl (C=O) groups is 2. The van der Waals surface area contributed by atoms with Crippen molar-refractivity contribution in [2.24, 2.45) is 5.92 Å². The van der Waals surface area contributed by atoms with Crippen LogP contribution in [0.5, 0.6) is 0 Å². The number of amides is 2. The zero-order valence-electron chi connectivity index (χ0n) is 20.2. The molecule has 192 valence electrons. The number of sulfone groups is 1. The lowest BCUT2D eigenvalue weighted by Gasteiger charge is -2.37. The van der Waals surface area contributed by atoms with Crippen molar-refractivity contribution in [2.45, 2.75) is 23.8 Å². The molecular weight excluding hydrogens is 559 g/mol. The van der Waals surface area contributed by atoms with Gasteiger partial charge in [-0.05, 0) is 72.4 Å². The SMILES string of the molecule is CS(=O)(=O)c1ccc(F)c(C(=O)N2CCC[C@@H]3CN(C(=O)c4ccc(-c5cccc(Br)c5)cc4)C[C@@H]32)c1. The van der Waals surface area contributed by atoms with Crippen molar-refractivity contribution in [1.29, 1.82) is 0 Å². The molecule has 0 bridgehead atoms. The summed E-state index contributed by atoms with van der Waals surface area (Å²) in [7, 11) is -3.59. The molecule has 3 aromatic carbocycles. The Morgan fingerprint density at radius 1 is 0.946 bits per heavy atom. The van der Waals surface area contributed by atoms with E-state index in [1.807, 2.05) is 48.5 Å². The van der Waals surface area contributed by atoms with Crippen molar-refractivity contribution in [3.8, 4) is 11.1 Å². The number of benzene rings is 3. The Morgan fingerprint density at radius 2 is 1.70 bits per heavy atom. The largest absolute Gasteiger partial charge is 0.336 e. The van der Waals surface area contributed by atoms with Gasteiger partial charge in [0, 0.05) is 35.9 Å². The summed E-state index contributed by atoms with van der Waals surface area (Å²) in [6.45, 7) is 1.31. The van der Waals surface area contributed by atoms with Gasteiger partial charge < -0.3 is 9.80 Å².